The minimum absolute atomic E-state index is 0.0372. The predicted octanol–water partition coefficient (Wildman–Crippen LogP) is 4.06. The summed E-state index contributed by atoms with van der Waals surface area (Å²) in [7, 11) is 0. The highest BCUT2D eigenvalue weighted by molar-refractivity contribution is 5.93. The molecule has 3 aromatic carbocycles. The van der Waals surface area contributed by atoms with Crippen LogP contribution in [0.5, 0.6) is 0 Å². The van der Waals surface area contributed by atoms with E-state index in [2.05, 4.69) is 16.0 Å². The molecule has 4 rings (SSSR count). The maximum atomic E-state index is 13.9. The van der Waals surface area contributed by atoms with Gasteiger partial charge in [0.25, 0.3) is 0 Å². The van der Waals surface area contributed by atoms with Crippen LogP contribution in [0.3, 0.4) is 0 Å². The first-order valence-corrected chi connectivity index (χ1v) is 16.1. The second kappa shape index (κ2) is 16.3. The van der Waals surface area contributed by atoms with Gasteiger partial charge in [0.05, 0.1) is 12.5 Å². The maximum Gasteiger partial charge on any atom is 0.306 e. The van der Waals surface area contributed by atoms with Crippen LogP contribution >= 0.6 is 0 Å². The molecule has 1 fully saturated rings. The molecule has 47 heavy (non-hydrogen) atoms. The zero-order chi connectivity index (χ0) is 33.9. The quantitative estimate of drug-likeness (QED) is 0.153. The normalized spacial score (nSPS) is 16.4. The van der Waals surface area contributed by atoms with E-state index in [1.54, 1.807) is 20.8 Å². The topological polar surface area (TPSA) is 149 Å². The molecule has 0 aromatic heterocycles. The smallest absolute Gasteiger partial charge is 0.306 e. The number of benzene rings is 3. The zero-order valence-electron chi connectivity index (χ0n) is 27.4. The van der Waals surface area contributed by atoms with Crippen molar-refractivity contribution in [1.82, 2.24) is 16.0 Å². The monoisotopic (exact) mass is 642 g/mol. The van der Waals surface area contributed by atoms with Crippen LogP contribution in [-0.4, -0.2) is 54.2 Å². The Morgan fingerprint density at radius 3 is 1.81 bits per heavy atom. The molecule has 1 aliphatic rings. The molecule has 0 saturated carbocycles. The van der Waals surface area contributed by atoms with Gasteiger partial charge in [-0.3, -0.25) is 24.5 Å². The summed E-state index contributed by atoms with van der Waals surface area (Å²) in [6.07, 6.45) is 1.79. The molecule has 1 heterocycles. The van der Waals surface area contributed by atoms with Crippen molar-refractivity contribution in [2.45, 2.75) is 88.7 Å². The molecule has 0 aliphatic carbocycles. The lowest BCUT2D eigenvalue weighted by atomic mass is 9.77. The van der Waals surface area contributed by atoms with Crippen LogP contribution < -0.4 is 21.7 Å². The fraction of sp³-hybridized carbons (Fsp3) is 0.405. The van der Waals surface area contributed by atoms with Crippen molar-refractivity contribution in [2.75, 3.05) is 6.61 Å². The number of rotatable bonds is 14. The fourth-order valence-corrected chi connectivity index (χ4v) is 5.76. The predicted molar refractivity (Wildman–Crippen MR) is 179 cm³/mol. The maximum absolute atomic E-state index is 13.9. The number of carbonyl (C=O) groups is 4. The first-order chi connectivity index (χ1) is 22.5. The van der Waals surface area contributed by atoms with Crippen LogP contribution in [0, 0.1) is 0 Å². The van der Waals surface area contributed by atoms with E-state index >= 15 is 0 Å². The molecule has 3 amide bonds. The number of hydrogen-bond donors (Lipinski definition) is 4. The third-order valence-corrected chi connectivity index (χ3v) is 7.94. The van der Waals surface area contributed by atoms with Gasteiger partial charge in [0, 0.05) is 13.0 Å². The molecule has 3 aromatic rings. The first-order valence-electron chi connectivity index (χ1n) is 16.1. The van der Waals surface area contributed by atoms with E-state index in [4.69, 9.17) is 15.2 Å². The minimum Gasteiger partial charge on any atom is -0.460 e. The summed E-state index contributed by atoms with van der Waals surface area (Å²) in [6.45, 7) is 5.86. The number of ether oxygens (including phenoxy) is 2. The average molecular weight is 643 g/mol. The SMILES string of the molecule is CC(C)(C)OC(=O)CC[C@H](NC1CCCCO1)C(=O)N[C@@H](CC(=O)NC(c1ccccc1)(c1ccccc1)c1ccccc1)C(N)=O. The van der Waals surface area contributed by atoms with Gasteiger partial charge in [0.2, 0.25) is 17.7 Å². The molecule has 1 saturated heterocycles. The van der Waals surface area contributed by atoms with Crippen molar-refractivity contribution in [3.05, 3.63) is 108 Å². The van der Waals surface area contributed by atoms with Crippen molar-refractivity contribution in [3.63, 3.8) is 0 Å². The summed E-state index contributed by atoms with van der Waals surface area (Å²) >= 11 is 0. The minimum atomic E-state index is -1.32. The van der Waals surface area contributed by atoms with E-state index in [0.717, 1.165) is 29.5 Å². The van der Waals surface area contributed by atoms with E-state index in [-0.39, 0.29) is 12.8 Å². The lowest BCUT2D eigenvalue weighted by molar-refractivity contribution is -0.155. The third kappa shape index (κ3) is 9.97. The number of esters is 1. The summed E-state index contributed by atoms with van der Waals surface area (Å²) < 4.78 is 11.2. The molecule has 0 radical (unpaired) electrons. The number of nitrogens with one attached hydrogen (secondary N) is 3. The Balaban J connectivity index is 1.57. The van der Waals surface area contributed by atoms with Gasteiger partial charge in [-0.05, 0) is 63.1 Å². The van der Waals surface area contributed by atoms with Gasteiger partial charge in [0.1, 0.15) is 23.4 Å². The van der Waals surface area contributed by atoms with Crippen molar-refractivity contribution >= 4 is 23.7 Å². The van der Waals surface area contributed by atoms with Crippen LogP contribution in [0.1, 0.15) is 76.0 Å². The number of hydrogen-bond acceptors (Lipinski definition) is 7. The Kier molecular flexibility index (Phi) is 12.3. The van der Waals surface area contributed by atoms with Crippen LogP contribution in [0.2, 0.25) is 0 Å². The number of primary amides is 1. The lowest BCUT2D eigenvalue weighted by Gasteiger charge is -2.37. The lowest BCUT2D eigenvalue weighted by Crippen LogP contribution is -2.56. The van der Waals surface area contributed by atoms with Crippen molar-refractivity contribution in [1.29, 1.82) is 0 Å². The molecule has 3 atom stereocenters. The molecule has 10 heteroatoms. The Bertz CT molecular complexity index is 1370. The zero-order valence-corrected chi connectivity index (χ0v) is 27.4. The van der Waals surface area contributed by atoms with Crippen molar-refractivity contribution < 1.29 is 28.7 Å². The molecular formula is C37H46N4O6. The van der Waals surface area contributed by atoms with E-state index < -0.39 is 59.6 Å². The highest BCUT2D eigenvalue weighted by atomic mass is 16.6. The second-order valence-corrected chi connectivity index (χ2v) is 12.8. The summed E-state index contributed by atoms with van der Waals surface area (Å²) in [5, 5.41) is 9.05. The number of amides is 3. The standard InChI is InChI=1S/C37H46N4O6/c1-36(2,3)47-33(43)23-22-29(39-32-21-13-14-24-46-32)35(45)40-30(34(38)44)25-31(42)41-37(26-15-7-4-8-16-26,27-17-9-5-10-18-27)28-19-11-6-12-20-28/h4-12,15-20,29-30,32,39H,13-14,21-25H2,1-3H3,(H2,38,44)(H,40,45)(H,41,42)/t29-,30-,32?/m0/s1. The Hall–Kier alpha value is -4.54. The Labute approximate surface area is 276 Å². The molecule has 1 aliphatic heterocycles. The van der Waals surface area contributed by atoms with Crippen molar-refractivity contribution in [2.24, 2.45) is 5.73 Å². The van der Waals surface area contributed by atoms with Gasteiger partial charge < -0.3 is 25.8 Å². The summed E-state index contributed by atoms with van der Waals surface area (Å²) in [6, 6.07) is 26.5. The third-order valence-electron chi connectivity index (χ3n) is 7.94. The van der Waals surface area contributed by atoms with Crippen molar-refractivity contribution in [3.8, 4) is 0 Å². The van der Waals surface area contributed by atoms with Gasteiger partial charge in [-0.25, -0.2) is 0 Å². The van der Waals surface area contributed by atoms with Gasteiger partial charge in [-0.1, -0.05) is 91.0 Å². The van der Waals surface area contributed by atoms with Gasteiger partial charge >= 0.3 is 5.97 Å². The van der Waals surface area contributed by atoms with Crippen LogP contribution in [0.15, 0.2) is 91.0 Å². The Morgan fingerprint density at radius 1 is 0.830 bits per heavy atom. The van der Waals surface area contributed by atoms with Gasteiger partial charge in [0.15, 0.2) is 0 Å². The van der Waals surface area contributed by atoms with Crippen LogP contribution in [-0.2, 0) is 34.2 Å². The largest absolute Gasteiger partial charge is 0.460 e. The first kappa shape index (κ1) is 35.3. The molecule has 5 N–H and O–H groups in total. The molecule has 1 unspecified atom stereocenters. The summed E-state index contributed by atoms with van der Waals surface area (Å²) in [5.74, 6) is -2.39. The van der Waals surface area contributed by atoms with Gasteiger partial charge in [-0.2, -0.15) is 0 Å². The van der Waals surface area contributed by atoms with Gasteiger partial charge in [-0.15, -0.1) is 0 Å². The summed E-state index contributed by atoms with van der Waals surface area (Å²) in [5.41, 5.74) is 6.40. The second-order valence-electron chi connectivity index (χ2n) is 12.8. The number of nitrogens with two attached hydrogens (primary N) is 1. The fourth-order valence-electron chi connectivity index (χ4n) is 5.76. The average Bonchev–Trinajstić information content (AvgIpc) is 3.06. The Morgan fingerprint density at radius 2 is 1.36 bits per heavy atom. The number of carbonyl (C=O) groups excluding carboxylic acids is 4. The van der Waals surface area contributed by atoms with Crippen LogP contribution in [0.4, 0.5) is 0 Å². The van der Waals surface area contributed by atoms with E-state index in [9.17, 15) is 19.2 Å². The van der Waals surface area contributed by atoms with E-state index in [1.807, 2.05) is 91.0 Å². The summed E-state index contributed by atoms with van der Waals surface area (Å²) in [4.78, 5) is 52.8. The van der Waals surface area contributed by atoms with E-state index in [0.29, 0.717) is 13.0 Å². The highest BCUT2D eigenvalue weighted by Crippen LogP contribution is 2.37. The van der Waals surface area contributed by atoms with E-state index in [1.165, 1.54) is 0 Å². The molecule has 0 spiro atoms. The molecular weight excluding hydrogens is 596 g/mol. The van der Waals surface area contributed by atoms with Crippen LogP contribution in [0.25, 0.3) is 0 Å². The molecule has 0 bridgehead atoms. The molecule has 10 nitrogen and oxygen atoms in total. The highest BCUT2D eigenvalue weighted by Gasteiger charge is 2.39. The molecule has 250 valence electrons.